The molecule has 0 radical (unpaired) electrons. The number of rotatable bonds is 7. The van der Waals surface area contributed by atoms with Gasteiger partial charge in [0.2, 0.25) is 0 Å². The molecule has 0 bridgehead atoms. The first-order valence-corrected chi connectivity index (χ1v) is 7.31. The number of esters is 1. The molecule has 0 aliphatic carbocycles. The Morgan fingerprint density at radius 3 is 2.52 bits per heavy atom. The predicted octanol–water partition coefficient (Wildman–Crippen LogP) is 1.24. The summed E-state index contributed by atoms with van der Waals surface area (Å²) in [7, 11) is 1.26. The minimum absolute atomic E-state index is 0.0129. The van der Waals surface area contributed by atoms with Gasteiger partial charge in [0.15, 0.2) is 12.4 Å². The lowest BCUT2D eigenvalue weighted by molar-refractivity contribution is -0.385. The van der Waals surface area contributed by atoms with Crippen LogP contribution in [-0.4, -0.2) is 43.1 Å². The van der Waals surface area contributed by atoms with Gasteiger partial charge < -0.3 is 14.8 Å². The fraction of sp³-hybridized carbons (Fsp3) is 0.400. The molecule has 3 amide bonds. The molecule has 0 fully saturated rings. The van der Waals surface area contributed by atoms with Crippen molar-refractivity contribution in [2.45, 2.75) is 13.8 Å². The predicted molar refractivity (Wildman–Crippen MR) is 86.3 cm³/mol. The summed E-state index contributed by atoms with van der Waals surface area (Å²) in [6, 6.07) is 2.79. The van der Waals surface area contributed by atoms with E-state index < -0.39 is 35.1 Å². The summed E-state index contributed by atoms with van der Waals surface area (Å²) in [5, 5.41) is 15.4. The van der Waals surface area contributed by atoms with Crippen LogP contribution >= 0.6 is 0 Å². The van der Waals surface area contributed by atoms with Crippen LogP contribution in [0.3, 0.4) is 0 Å². The molecule has 0 aromatic heterocycles. The second kappa shape index (κ2) is 9.21. The summed E-state index contributed by atoms with van der Waals surface area (Å²) in [5.41, 5.74) is -0.529. The zero-order chi connectivity index (χ0) is 19.0. The summed E-state index contributed by atoms with van der Waals surface area (Å²) >= 11 is 0. The van der Waals surface area contributed by atoms with E-state index in [9.17, 15) is 24.5 Å². The van der Waals surface area contributed by atoms with E-state index in [2.05, 4.69) is 5.32 Å². The van der Waals surface area contributed by atoms with Gasteiger partial charge in [0.05, 0.1) is 17.6 Å². The lowest BCUT2D eigenvalue weighted by atomic mass is 10.2. The Bertz CT molecular complexity index is 673. The number of hydrogen-bond acceptors (Lipinski definition) is 7. The maximum Gasteiger partial charge on any atom is 0.338 e. The van der Waals surface area contributed by atoms with Crippen molar-refractivity contribution in [1.82, 2.24) is 10.6 Å². The fourth-order valence-electron chi connectivity index (χ4n) is 1.68. The van der Waals surface area contributed by atoms with Gasteiger partial charge in [-0.15, -0.1) is 0 Å². The molecule has 0 heterocycles. The van der Waals surface area contributed by atoms with E-state index in [0.717, 1.165) is 6.07 Å². The number of imide groups is 1. The van der Waals surface area contributed by atoms with Gasteiger partial charge in [0.1, 0.15) is 0 Å². The number of urea groups is 1. The van der Waals surface area contributed by atoms with Crippen molar-refractivity contribution in [3.05, 3.63) is 33.9 Å². The number of carbonyl (C=O) groups is 3. The molecular weight excluding hydrogens is 334 g/mol. The van der Waals surface area contributed by atoms with Crippen molar-refractivity contribution in [3.8, 4) is 5.75 Å². The zero-order valence-corrected chi connectivity index (χ0v) is 14.0. The van der Waals surface area contributed by atoms with E-state index in [1.165, 1.54) is 19.2 Å². The largest absolute Gasteiger partial charge is 0.490 e. The molecule has 1 aromatic rings. The van der Waals surface area contributed by atoms with Gasteiger partial charge in [-0.1, -0.05) is 13.8 Å². The standard InChI is InChI=1S/C15H19N3O7/c1-9(2)7-16-15(21)17-13(19)8-25-14(20)10-4-5-12(24-3)11(6-10)18(22)23/h4-6,9H,7-8H2,1-3H3,(H2,16,17,19,21). The van der Waals surface area contributed by atoms with Crippen LogP contribution in [0, 0.1) is 16.0 Å². The molecule has 0 saturated heterocycles. The number of benzene rings is 1. The molecule has 0 saturated carbocycles. The van der Waals surface area contributed by atoms with Crippen molar-refractivity contribution in [2.24, 2.45) is 5.92 Å². The maximum absolute atomic E-state index is 11.9. The number of nitrogens with zero attached hydrogens (tertiary/aromatic N) is 1. The van der Waals surface area contributed by atoms with Crippen LogP contribution in [0.1, 0.15) is 24.2 Å². The van der Waals surface area contributed by atoms with Gasteiger partial charge in [-0.25, -0.2) is 9.59 Å². The molecule has 0 aliphatic heterocycles. The number of nitrogens with one attached hydrogen (secondary N) is 2. The van der Waals surface area contributed by atoms with E-state index in [-0.39, 0.29) is 17.2 Å². The molecule has 2 N–H and O–H groups in total. The number of amides is 3. The number of nitro groups is 1. The van der Waals surface area contributed by atoms with Gasteiger partial charge in [0.25, 0.3) is 5.91 Å². The second-order valence-corrected chi connectivity index (χ2v) is 5.37. The summed E-state index contributed by atoms with van der Waals surface area (Å²) in [6.07, 6.45) is 0. The number of hydrogen-bond donors (Lipinski definition) is 2. The average molecular weight is 353 g/mol. The maximum atomic E-state index is 11.9. The van der Waals surface area contributed by atoms with Gasteiger partial charge in [-0.2, -0.15) is 0 Å². The third-order valence-electron chi connectivity index (χ3n) is 2.87. The Hall–Kier alpha value is -3.17. The zero-order valence-electron chi connectivity index (χ0n) is 14.0. The molecule has 1 rings (SSSR count). The molecule has 0 atom stereocenters. The van der Waals surface area contributed by atoms with Crippen LogP contribution in [0.4, 0.5) is 10.5 Å². The van der Waals surface area contributed by atoms with Gasteiger partial charge in [0, 0.05) is 12.6 Å². The first-order chi connectivity index (χ1) is 11.7. The smallest absolute Gasteiger partial charge is 0.338 e. The molecule has 0 unspecified atom stereocenters. The molecule has 1 aromatic carbocycles. The van der Waals surface area contributed by atoms with E-state index in [4.69, 9.17) is 9.47 Å². The summed E-state index contributed by atoms with van der Waals surface area (Å²) in [6.45, 7) is 3.46. The van der Waals surface area contributed by atoms with Crippen LogP contribution in [0.15, 0.2) is 18.2 Å². The highest BCUT2D eigenvalue weighted by molar-refractivity contribution is 5.97. The van der Waals surface area contributed by atoms with Crippen molar-refractivity contribution >= 4 is 23.6 Å². The summed E-state index contributed by atoms with van der Waals surface area (Å²) in [4.78, 5) is 45.0. The monoisotopic (exact) mass is 353 g/mol. The lowest BCUT2D eigenvalue weighted by Gasteiger charge is -2.09. The normalized spacial score (nSPS) is 10.1. The Labute approximate surface area is 143 Å². The van der Waals surface area contributed by atoms with Crippen LogP contribution in [0.25, 0.3) is 0 Å². The SMILES string of the molecule is COc1ccc(C(=O)OCC(=O)NC(=O)NCC(C)C)cc1[N+](=O)[O-]. The van der Waals surface area contributed by atoms with E-state index in [1.807, 2.05) is 19.2 Å². The Morgan fingerprint density at radius 2 is 1.96 bits per heavy atom. The van der Waals surface area contributed by atoms with Crippen LogP contribution < -0.4 is 15.4 Å². The quantitative estimate of drug-likeness (QED) is 0.427. The number of nitro benzene ring substituents is 1. The Balaban J connectivity index is 2.59. The highest BCUT2D eigenvalue weighted by Crippen LogP contribution is 2.27. The van der Waals surface area contributed by atoms with Crippen molar-refractivity contribution in [1.29, 1.82) is 0 Å². The van der Waals surface area contributed by atoms with Gasteiger partial charge in [-0.3, -0.25) is 20.2 Å². The van der Waals surface area contributed by atoms with Gasteiger partial charge in [-0.05, 0) is 18.1 Å². The lowest BCUT2D eigenvalue weighted by Crippen LogP contribution is -2.42. The highest BCUT2D eigenvalue weighted by Gasteiger charge is 2.19. The first-order valence-electron chi connectivity index (χ1n) is 7.31. The molecule has 136 valence electrons. The Morgan fingerprint density at radius 1 is 1.28 bits per heavy atom. The third kappa shape index (κ3) is 6.45. The van der Waals surface area contributed by atoms with Crippen molar-refractivity contribution in [2.75, 3.05) is 20.3 Å². The molecule has 10 heteroatoms. The number of methoxy groups -OCH3 is 1. The van der Waals surface area contributed by atoms with Crippen molar-refractivity contribution < 1.29 is 28.8 Å². The molecule has 0 spiro atoms. The topological polar surface area (TPSA) is 137 Å². The van der Waals surface area contributed by atoms with Crippen LogP contribution in [0.2, 0.25) is 0 Å². The first kappa shape index (κ1) is 19.9. The number of carbonyl (C=O) groups excluding carboxylic acids is 3. The minimum atomic E-state index is -0.941. The van der Waals surface area contributed by atoms with Gasteiger partial charge >= 0.3 is 17.7 Å². The summed E-state index contributed by atoms with van der Waals surface area (Å²) in [5.74, 6) is -1.56. The second-order valence-electron chi connectivity index (χ2n) is 5.37. The third-order valence-corrected chi connectivity index (χ3v) is 2.87. The average Bonchev–Trinajstić information content (AvgIpc) is 2.57. The molecule has 0 aliphatic rings. The summed E-state index contributed by atoms with van der Waals surface area (Å²) < 4.78 is 9.55. The molecule has 10 nitrogen and oxygen atoms in total. The molecular formula is C15H19N3O7. The molecule has 25 heavy (non-hydrogen) atoms. The fourth-order valence-corrected chi connectivity index (χ4v) is 1.68. The number of ether oxygens (including phenoxy) is 2. The van der Waals surface area contributed by atoms with E-state index in [0.29, 0.717) is 6.54 Å². The Kier molecular flexibility index (Phi) is 7.32. The minimum Gasteiger partial charge on any atom is -0.490 e. The van der Waals surface area contributed by atoms with E-state index in [1.54, 1.807) is 0 Å². The highest BCUT2D eigenvalue weighted by atomic mass is 16.6. The van der Waals surface area contributed by atoms with Crippen LogP contribution in [0.5, 0.6) is 5.75 Å². The van der Waals surface area contributed by atoms with Crippen molar-refractivity contribution in [3.63, 3.8) is 0 Å². The van der Waals surface area contributed by atoms with E-state index >= 15 is 0 Å². The van der Waals surface area contributed by atoms with Crippen LogP contribution in [-0.2, 0) is 9.53 Å².